The average molecular weight is 373 g/mol. The first-order chi connectivity index (χ1) is 12.9. The van der Waals surface area contributed by atoms with Gasteiger partial charge < -0.3 is 24.6 Å². The van der Waals surface area contributed by atoms with Crippen molar-refractivity contribution in [2.24, 2.45) is 0 Å². The molecule has 4 rings (SSSR count). The van der Waals surface area contributed by atoms with E-state index in [0.717, 1.165) is 17.0 Å². The largest absolute Gasteiger partial charge is 0.503 e. The molecular formula is C17H19N5O5. The minimum Gasteiger partial charge on any atom is -0.503 e. The second kappa shape index (κ2) is 6.23. The SMILES string of the molecule is Cc1n[nH]c(C)c1CNC(=O)c1cn2c(c(O)c1=O)C(=O)N1CCOC1C2. The van der Waals surface area contributed by atoms with Crippen molar-refractivity contribution in [3.8, 4) is 5.75 Å². The first kappa shape index (κ1) is 17.3. The zero-order valence-electron chi connectivity index (χ0n) is 14.9. The number of carbonyl (C=O) groups excluding carboxylic acids is 2. The summed E-state index contributed by atoms with van der Waals surface area (Å²) in [6.45, 7) is 4.88. The van der Waals surface area contributed by atoms with Gasteiger partial charge in [-0.05, 0) is 13.8 Å². The van der Waals surface area contributed by atoms with Gasteiger partial charge in [0.05, 0.1) is 18.8 Å². The van der Waals surface area contributed by atoms with Crippen molar-refractivity contribution >= 4 is 11.8 Å². The van der Waals surface area contributed by atoms with Crippen molar-refractivity contribution in [1.29, 1.82) is 0 Å². The molecule has 1 atom stereocenters. The zero-order chi connectivity index (χ0) is 19.3. The molecule has 0 bridgehead atoms. The standard InChI is InChI=1S/C17H19N5O5/c1-8-10(9(2)20-19-8)5-18-16(25)11-6-21-7-12-22(3-4-27-12)17(26)13(21)15(24)14(11)23/h6,12,24H,3-5,7H2,1-2H3,(H,18,25)(H,19,20). The lowest BCUT2D eigenvalue weighted by Crippen LogP contribution is -2.46. The second-order valence-corrected chi connectivity index (χ2v) is 6.64. The Morgan fingerprint density at radius 3 is 2.93 bits per heavy atom. The molecule has 3 N–H and O–H groups in total. The van der Waals surface area contributed by atoms with Gasteiger partial charge in [0.15, 0.2) is 17.7 Å². The van der Waals surface area contributed by atoms with E-state index in [9.17, 15) is 19.5 Å². The fourth-order valence-electron chi connectivity index (χ4n) is 3.49. The van der Waals surface area contributed by atoms with Gasteiger partial charge in [-0.2, -0.15) is 5.10 Å². The maximum Gasteiger partial charge on any atom is 0.276 e. The van der Waals surface area contributed by atoms with Gasteiger partial charge in [0.2, 0.25) is 5.43 Å². The predicted molar refractivity (Wildman–Crippen MR) is 92.4 cm³/mol. The highest BCUT2D eigenvalue weighted by Gasteiger charge is 2.39. The molecule has 10 heteroatoms. The normalized spacial score (nSPS) is 18.4. The molecular weight excluding hydrogens is 354 g/mol. The van der Waals surface area contributed by atoms with Gasteiger partial charge in [-0.3, -0.25) is 19.5 Å². The van der Waals surface area contributed by atoms with Gasteiger partial charge in [0.25, 0.3) is 11.8 Å². The van der Waals surface area contributed by atoms with Crippen LogP contribution in [0.5, 0.6) is 5.75 Å². The molecule has 2 aromatic rings. The van der Waals surface area contributed by atoms with Crippen LogP contribution in [0.3, 0.4) is 0 Å². The van der Waals surface area contributed by atoms with E-state index in [1.807, 2.05) is 13.8 Å². The highest BCUT2D eigenvalue weighted by atomic mass is 16.5. The zero-order valence-corrected chi connectivity index (χ0v) is 14.9. The van der Waals surface area contributed by atoms with Crippen LogP contribution in [0.4, 0.5) is 0 Å². The maximum atomic E-state index is 12.5. The van der Waals surface area contributed by atoms with Crippen LogP contribution >= 0.6 is 0 Å². The van der Waals surface area contributed by atoms with Crippen molar-refractivity contribution in [1.82, 2.24) is 25.0 Å². The first-order valence-corrected chi connectivity index (χ1v) is 8.56. The topological polar surface area (TPSA) is 130 Å². The number of fused-ring (bicyclic) bond motifs is 2. The summed E-state index contributed by atoms with van der Waals surface area (Å²) < 4.78 is 6.90. The molecule has 27 heavy (non-hydrogen) atoms. The summed E-state index contributed by atoms with van der Waals surface area (Å²) in [6.07, 6.45) is 0.845. The van der Waals surface area contributed by atoms with Crippen LogP contribution in [0, 0.1) is 13.8 Å². The molecule has 2 aromatic heterocycles. The Kier molecular flexibility index (Phi) is 3.99. The van der Waals surface area contributed by atoms with Crippen LogP contribution < -0.4 is 10.7 Å². The number of aromatic nitrogens is 3. The van der Waals surface area contributed by atoms with Crippen LogP contribution in [0.1, 0.15) is 37.8 Å². The lowest BCUT2D eigenvalue weighted by atomic mass is 10.1. The van der Waals surface area contributed by atoms with Gasteiger partial charge in [0.1, 0.15) is 5.56 Å². The summed E-state index contributed by atoms with van der Waals surface area (Å²) in [6, 6.07) is 0. The Morgan fingerprint density at radius 1 is 1.44 bits per heavy atom. The Balaban J connectivity index is 1.64. The van der Waals surface area contributed by atoms with Gasteiger partial charge in [-0.1, -0.05) is 0 Å². The summed E-state index contributed by atoms with van der Waals surface area (Å²) in [5.41, 5.74) is 1.19. The highest BCUT2D eigenvalue weighted by molar-refractivity contribution is 5.99. The number of aryl methyl sites for hydroxylation is 2. The Hall–Kier alpha value is -3.14. The van der Waals surface area contributed by atoms with Crippen molar-refractivity contribution in [3.63, 3.8) is 0 Å². The van der Waals surface area contributed by atoms with Crippen molar-refractivity contribution < 1.29 is 19.4 Å². The number of pyridine rings is 1. The third-order valence-corrected chi connectivity index (χ3v) is 5.01. The second-order valence-electron chi connectivity index (χ2n) is 6.64. The van der Waals surface area contributed by atoms with Gasteiger partial charge in [0, 0.05) is 30.5 Å². The lowest BCUT2D eigenvalue weighted by molar-refractivity contribution is 0.00845. The molecule has 1 fully saturated rings. The first-order valence-electron chi connectivity index (χ1n) is 8.56. The number of H-pyrrole nitrogens is 1. The van der Waals surface area contributed by atoms with Crippen LogP contribution in [0.15, 0.2) is 11.0 Å². The third-order valence-electron chi connectivity index (χ3n) is 5.01. The minimum atomic E-state index is -0.869. The number of hydrogen-bond acceptors (Lipinski definition) is 6. The lowest BCUT2D eigenvalue weighted by Gasteiger charge is -2.31. The van der Waals surface area contributed by atoms with Crippen LogP contribution in [-0.4, -0.2) is 56.0 Å². The van der Waals surface area contributed by atoms with Crippen LogP contribution in [0.2, 0.25) is 0 Å². The summed E-state index contributed by atoms with van der Waals surface area (Å²) in [5.74, 6) is -1.82. The summed E-state index contributed by atoms with van der Waals surface area (Å²) in [4.78, 5) is 39.0. The molecule has 1 unspecified atom stereocenters. The fraction of sp³-hybridized carbons (Fsp3) is 0.412. The average Bonchev–Trinajstić information content (AvgIpc) is 3.23. The molecule has 2 amide bonds. The number of nitrogens with zero attached hydrogens (tertiary/aromatic N) is 3. The molecule has 142 valence electrons. The Morgan fingerprint density at radius 2 is 2.22 bits per heavy atom. The number of rotatable bonds is 3. The summed E-state index contributed by atoms with van der Waals surface area (Å²) in [5, 5.41) is 19.8. The molecule has 2 aliphatic rings. The van der Waals surface area contributed by atoms with Gasteiger partial charge in [-0.25, -0.2) is 0 Å². The van der Waals surface area contributed by atoms with E-state index in [0.29, 0.717) is 13.2 Å². The smallest absolute Gasteiger partial charge is 0.276 e. The number of amides is 2. The molecule has 1 saturated heterocycles. The molecule has 10 nitrogen and oxygen atoms in total. The number of aromatic hydroxyl groups is 1. The fourth-order valence-corrected chi connectivity index (χ4v) is 3.49. The van der Waals surface area contributed by atoms with E-state index in [2.05, 4.69) is 15.5 Å². The van der Waals surface area contributed by atoms with E-state index >= 15 is 0 Å². The van der Waals surface area contributed by atoms with Gasteiger partial charge >= 0.3 is 0 Å². The molecule has 0 spiro atoms. The number of hydrogen-bond donors (Lipinski definition) is 3. The van der Waals surface area contributed by atoms with E-state index in [4.69, 9.17) is 4.74 Å². The molecule has 0 saturated carbocycles. The summed E-state index contributed by atoms with van der Waals surface area (Å²) >= 11 is 0. The maximum absolute atomic E-state index is 12.5. The third kappa shape index (κ3) is 2.69. The number of nitrogens with one attached hydrogen (secondary N) is 2. The van der Waals surface area contributed by atoms with E-state index < -0.39 is 29.2 Å². The van der Waals surface area contributed by atoms with Crippen molar-refractivity contribution in [2.45, 2.75) is 33.2 Å². The molecule has 0 aromatic carbocycles. The quantitative estimate of drug-likeness (QED) is 0.673. The number of aromatic amines is 1. The predicted octanol–water partition coefficient (Wildman–Crippen LogP) is -0.364. The van der Waals surface area contributed by atoms with E-state index in [1.54, 1.807) is 0 Å². The minimum absolute atomic E-state index is 0.111. The van der Waals surface area contributed by atoms with Crippen LogP contribution in [0.25, 0.3) is 0 Å². The van der Waals surface area contributed by atoms with E-state index in [-0.39, 0.29) is 24.3 Å². The molecule has 4 heterocycles. The van der Waals surface area contributed by atoms with Crippen molar-refractivity contribution in [2.75, 3.05) is 13.2 Å². The Bertz CT molecular complexity index is 988. The molecule has 2 aliphatic heterocycles. The molecule has 0 aliphatic carbocycles. The monoisotopic (exact) mass is 373 g/mol. The Labute approximate surface area is 153 Å². The van der Waals surface area contributed by atoms with Gasteiger partial charge in [-0.15, -0.1) is 0 Å². The van der Waals surface area contributed by atoms with Crippen molar-refractivity contribution in [3.05, 3.63) is 44.6 Å². The van der Waals surface area contributed by atoms with E-state index in [1.165, 1.54) is 15.7 Å². The van der Waals surface area contributed by atoms with Crippen LogP contribution in [-0.2, 0) is 17.8 Å². The molecule has 0 radical (unpaired) electrons. The number of carbonyl (C=O) groups is 2. The summed E-state index contributed by atoms with van der Waals surface area (Å²) in [7, 11) is 0. The highest BCUT2D eigenvalue weighted by Crippen LogP contribution is 2.26. The number of ether oxygens (including phenoxy) is 1.